The minimum absolute atomic E-state index is 0.418. The molecule has 0 amide bonds. The van der Waals surface area contributed by atoms with E-state index in [9.17, 15) is 0 Å². The average molecular weight is 553 g/mol. The predicted molar refractivity (Wildman–Crippen MR) is 146 cm³/mol. The van der Waals surface area contributed by atoms with E-state index in [4.69, 9.17) is 14.2 Å². The third-order valence-electron chi connectivity index (χ3n) is 4.01. The second-order valence-corrected chi connectivity index (χ2v) is 17.3. The van der Waals surface area contributed by atoms with Gasteiger partial charge < -0.3 is 14.2 Å². The molecule has 0 aliphatic carbocycles. The van der Waals surface area contributed by atoms with Gasteiger partial charge in [0.25, 0.3) is 0 Å². The van der Waals surface area contributed by atoms with Gasteiger partial charge in [-0.3, -0.25) is 0 Å². The van der Waals surface area contributed by atoms with Crippen LogP contribution in [0.1, 0.15) is 26.2 Å². The van der Waals surface area contributed by atoms with Gasteiger partial charge in [-0.25, -0.2) is 0 Å². The minimum Gasteiger partial charge on any atom is -0.372 e. The zero-order valence-corrected chi connectivity index (χ0v) is 23.4. The first-order chi connectivity index (χ1) is 14.3. The van der Waals surface area contributed by atoms with Crippen LogP contribution in [-0.2, 0) is 14.2 Å². The van der Waals surface area contributed by atoms with Crippen molar-refractivity contribution in [2.45, 2.75) is 54.5 Å². The van der Waals surface area contributed by atoms with E-state index in [1.807, 2.05) is 64.8 Å². The van der Waals surface area contributed by atoms with Gasteiger partial charge in [0.15, 0.2) is 0 Å². The van der Waals surface area contributed by atoms with Crippen LogP contribution in [0.2, 0.25) is 0 Å². The molecule has 170 valence electrons. The number of hydrogen-bond acceptors (Lipinski definition) is 11. The lowest BCUT2D eigenvalue weighted by Gasteiger charge is -2.15. The largest absolute Gasteiger partial charge is 0.372 e. The van der Waals surface area contributed by atoms with Gasteiger partial charge in [0, 0.05) is 39.8 Å². The zero-order valence-electron chi connectivity index (χ0n) is 16.9. The monoisotopic (exact) mass is 552 g/mol. The van der Waals surface area contributed by atoms with Crippen molar-refractivity contribution in [3.63, 3.8) is 0 Å². The van der Waals surface area contributed by atoms with Crippen molar-refractivity contribution in [3.8, 4) is 0 Å². The van der Waals surface area contributed by atoms with Crippen molar-refractivity contribution in [1.29, 1.82) is 0 Å². The molecule has 11 heteroatoms. The van der Waals surface area contributed by atoms with Gasteiger partial charge >= 0.3 is 0 Å². The summed E-state index contributed by atoms with van der Waals surface area (Å²) in [6, 6.07) is 0. The first kappa shape index (κ1) is 26.3. The lowest BCUT2D eigenvalue weighted by atomic mass is 10.4. The second kappa shape index (κ2) is 16.3. The maximum atomic E-state index is 5.91. The Balaban J connectivity index is 1.21. The molecular weight excluding hydrogens is 521 g/mol. The lowest BCUT2D eigenvalue weighted by molar-refractivity contribution is 0.426. The molecule has 3 rings (SSSR count). The molecule has 5 atom stereocenters. The standard InChI is InChI=1S/C18H32O3S8/c1-2-5-25-29-18-17(21-18)28-16(4-8-24-27-12-15-10-20-15)13-22-6-3-7-23-26-11-14-9-19-14/h14-18H,2-13H2,1H3. The molecule has 0 radical (unpaired) electrons. The third-order valence-corrected chi connectivity index (χ3v) is 14.8. The van der Waals surface area contributed by atoms with Crippen LogP contribution >= 0.6 is 88.3 Å². The molecule has 3 aliphatic heterocycles. The lowest BCUT2D eigenvalue weighted by Crippen LogP contribution is -2.10. The molecule has 0 aromatic rings. The number of hydrogen-bond donors (Lipinski definition) is 0. The summed E-state index contributed by atoms with van der Waals surface area (Å²) in [6.45, 7) is 4.20. The van der Waals surface area contributed by atoms with Crippen molar-refractivity contribution < 1.29 is 14.2 Å². The summed E-state index contributed by atoms with van der Waals surface area (Å²) in [7, 11) is 11.9. The Morgan fingerprint density at radius 3 is 2.24 bits per heavy atom. The third kappa shape index (κ3) is 13.9. The van der Waals surface area contributed by atoms with Crippen LogP contribution in [0, 0.1) is 0 Å². The van der Waals surface area contributed by atoms with Crippen molar-refractivity contribution in [2.75, 3.05) is 53.5 Å². The number of epoxide rings is 3. The molecule has 3 saturated heterocycles. The van der Waals surface area contributed by atoms with Crippen molar-refractivity contribution in [3.05, 3.63) is 0 Å². The molecule has 0 N–H and O–H groups in total. The molecule has 5 unspecified atom stereocenters. The molecule has 3 aliphatic rings. The maximum Gasteiger partial charge on any atom is 0.150 e. The Bertz CT molecular complexity index is 428. The van der Waals surface area contributed by atoms with E-state index in [0.29, 0.717) is 28.3 Å². The Hall–Kier alpha value is 2.68. The van der Waals surface area contributed by atoms with Crippen LogP contribution in [-0.4, -0.2) is 81.8 Å². The second-order valence-electron chi connectivity index (χ2n) is 6.89. The zero-order chi connectivity index (χ0) is 20.2. The Kier molecular flexibility index (Phi) is 14.8. The van der Waals surface area contributed by atoms with Gasteiger partial charge in [0.1, 0.15) is 10.9 Å². The van der Waals surface area contributed by atoms with Crippen LogP contribution in [0.15, 0.2) is 0 Å². The topological polar surface area (TPSA) is 37.6 Å². The summed E-state index contributed by atoms with van der Waals surface area (Å²) in [5, 5.41) is 0.714. The summed E-state index contributed by atoms with van der Waals surface area (Å²) in [6.07, 6.45) is 4.93. The first-order valence-electron chi connectivity index (χ1n) is 10.2. The maximum absolute atomic E-state index is 5.91. The predicted octanol–water partition coefficient (Wildman–Crippen LogP) is 6.64. The van der Waals surface area contributed by atoms with Gasteiger partial charge in [0.05, 0.1) is 25.4 Å². The number of thioether (sulfide) groups is 2. The van der Waals surface area contributed by atoms with Crippen molar-refractivity contribution >= 4 is 88.3 Å². The van der Waals surface area contributed by atoms with E-state index < -0.39 is 0 Å². The fourth-order valence-electron chi connectivity index (χ4n) is 2.14. The van der Waals surface area contributed by atoms with Gasteiger partial charge in [-0.15, -0.1) is 11.8 Å². The fraction of sp³-hybridized carbons (Fsp3) is 1.00. The number of ether oxygens (including phenoxy) is 3. The normalized spacial score (nSPS) is 28.4. The van der Waals surface area contributed by atoms with Crippen molar-refractivity contribution in [1.82, 2.24) is 0 Å². The Labute approximate surface area is 208 Å². The van der Waals surface area contributed by atoms with Crippen LogP contribution < -0.4 is 0 Å². The highest BCUT2D eigenvalue weighted by molar-refractivity contribution is 8.77. The van der Waals surface area contributed by atoms with Gasteiger partial charge in [-0.05, 0) is 25.0 Å². The highest BCUT2D eigenvalue weighted by Crippen LogP contribution is 2.48. The van der Waals surface area contributed by atoms with E-state index in [2.05, 4.69) is 30.4 Å². The molecule has 0 aromatic heterocycles. The highest BCUT2D eigenvalue weighted by Gasteiger charge is 2.41. The molecular formula is C18H32O3S8. The summed E-state index contributed by atoms with van der Waals surface area (Å²) < 4.78 is 16.5. The molecule has 0 saturated carbocycles. The van der Waals surface area contributed by atoms with E-state index in [0.717, 1.165) is 24.7 Å². The molecule has 0 spiro atoms. The number of rotatable bonds is 21. The van der Waals surface area contributed by atoms with Crippen LogP contribution in [0.5, 0.6) is 0 Å². The van der Waals surface area contributed by atoms with Crippen LogP contribution in [0.25, 0.3) is 0 Å². The molecule has 0 bridgehead atoms. The fourth-order valence-corrected chi connectivity index (χ4v) is 12.5. The van der Waals surface area contributed by atoms with E-state index in [1.54, 1.807) is 0 Å². The Morgan fingerprint density at radius 2 is 1.55 bits per heavy atom. The molecule has 3 heterocycles. The molecule has 3 fully saturated rings. The summed E-state index contributed by atoms with van der Waals surface area (Å²) in [5.41, 5.74) is 0.839. The average Bonchev–Trinajstić information content (AvgIpc) is 3.57. The van der Waals surface area contributed by atoms with E-state index in [1.165, 1.54) is 48.0 Å². The van der Waals surface area contributed by atoms with Crippen LogP contribution in [0.4, 0.5) is 0 Å². The summed E-state index contributed by atoms with van der Waals surface area (Å²) >= 11 is 4.23. The van der Waals surface area contributed by atoms with Gasteiger partial charge in [-0.2, -0.15) is 11.8 Å². The molecule has 3 nitrogen and oxygen atoms in total. The smallest absolute Gasteiger partial charge is 0.150 e. The molecule has 0 aromatic carbocycles. The molecule has 29 heavy (non-hydrogen) atoms. The van der Waals surface area contributed by atoms with Crippen LogP contribution in [0.3, 0.4) is 0 Å². The quantitative estimate of drug-likeness (QED) is 0.0874. The summed E-state index contributed by atoms with van der Waals surface area (Å²) in [5.74, 6) is 8.58. The van der Waals surface area contributed by atoms with Gasteiger partial charge in [-0.1, -0.05) is 71.7 Å². The summed E-state index contributed by atoms with van der Waals surface area (Å²) in [4.78, 5) is 0. The van der Waals surface area contributed by atoms with E-state index in [-0.39, 0.29) is 0 Å². The minimum atomic E-state index is 0.418. The van der Waals surface area contributed by atoms with E-state index >= 15 is 0 Å². The van der Waals surface area contributed by atoms with Crippen molar-refractivity contribution in [2.24, 2.45) is 0 Å². The van der Waals surface area contributed by atoms with Gasteiger partial charge in [0.2, 0.25) is 0 Å². The SMILES string of the molecule is CCCSSC1OC1SC(CCSSCC1CO1)CSCCCSSCC1CO1. The highest BCUT2D eigenvalue weighted by atomic mass is 33.1. The first-order valence-corrected chi connectivity index (χ1v) is 19.7. The Morgan fingerprint density at radius 1 is 0.828 bits per heavy atom.